The minimum Gasteiger partial charge on any atom is -0.454 e. The molecule has 0 spiro atoms. The fraction of sp³-hybridized carbons (Fsp3) is 0.400. The first kappa shape index (κ1) is 23.6. The SMILES string of the molecule is N=NC(=N)CCc1cccc(Nc2cc(OC(C=NC3CC3)=C(N)C3CCOCC3)ccn2)c1. The molecule has 1 aliphatic heterocycles. The number of pyridine rings is 1. The molecule has 9 nitrogen and oxygen atoms in total. The van der Waals surface area contributed by atoms with Gasteiger partial charge in [-0.05, 0) is 55.9 Å². The number of nitrogens with one attached hydrogen (secondary N) is 3. The third-order valence-corrected chi connectivity index (χ3v) is 5.84. The van der Waals surface area contributed by atoms with Gasteiger partial charge in [-0.2, -0.15) is 0 Å². The molecule has 1 saturated heterocycles. The maximum absolute atomic E-state index is 7.53. The highest BCUT2D eigenvalue weighted by atomic mass is 16.5. The number of ether oxygens (including phenoxy) is 2. The van der Waals surface area contributed by atoms with Gasteiger partial charge in [-0.3, -0.25) is 10.4 Å². The molecule has 4 rings (SSSR count). The van der Waals surface area contributed by atoms with Gasteiger partial charge in [0.25, 0.3) is 0 Å². The van der Waals surface area contributed by atoms with Gasteiger partial charge in [0, 0.05) is 43.5 Å². The van der Waals surface area contributed by atoms with Gasteiger partial charge in [-0.1, -0.05) is 12.1 Å². The summed E-state index contributed by atoms with van der Waals surface area (Å²) in [6, 6.07) is 11.9. The summed E-state index contributed by atoms with van der Waals surface area (Å²) in [5.74, 6) is 2.16. The predicted molar refractivity (Wildman–Crippen MR) is 132 cm³/mol. The number of rotatable bonds is 10. The third kappa shape index (κ3) is 6.95. The lowest BCUT2D eigenvalue weighted by Crippen LogP contribution is -2.24. The number of nitrogens with two attached hydrogens (primary N) is 1. The summed E-state index contributed by atoms with van der Waals surface area (Å²) in [4.78, 5) is 9.02. The molecule has 178 valence electrons. The average molecular weight is 462 g/mol. The zero-order valence-electron chi connectivity index (χ0n) is 19.2. The van der Waals surface area contributed by atoms with E-state index in [0.717, 1.165) is 42.6 Å². The van der Waals surface area contributed by atoms with Gasteiger partial charge in [0.15, 0.2) is 5.76 Å². The van der Waals surface area contributed by atoms with Crippen LogP contribution in [0.15, 0.2) is 64.2 Å². The first-order valence-electron chi connectivity index (χ1n) is 11.7. The van der Waals surface area contributed by atoms with E-state index in [9.17, 15) is 0 Å². The molecule has 1 saturated carbocycles. The molecular weight excluding hydrogens is 430 g/mol. The number of benzene rings is 1. The molecule has 2 aromatic rings. The molecule has 0 amide bonds. The van der Waals surface area contributed by atoms with Crippen molar-refractivity contribution in [3.8, 4) is 5.75 Å². The Morgan fingerprint density at radius 3 is 2.79 bits per heavy atom. The van der Waals surface area contributed by atoms with Crippen LogP contribution in [0.2, 0.25) is 0 Å². The number of nitrogens with zero attached hydrogens (tertiary/aromatic N) is 3. The van der Waals surface area contributed by atoms with Crippen LogP contribution < -0.4 is 15.8 Å². The number of anilines is 2. The third-order valence-electron chi connectivity index (χ3n) is 5.84. The van der Waals surface area contributed by atoms with Crippen LogP contribution >= 0.6 is 0 Å². The molecule has 1 aliphatic carbocycles. The molecule has 2 heterocycles. The van der Waals surface area contributed by atoms with E-state index in [2.05, 4.69) is 20.4 Å². The summed E-state index contributed by atoms with van der Waals surface area (Å²) < 4.78 is 11.7. The minimum absolute atomic E-state index is 0.0685. The Kier molecular flexibility index (Phi) is 7.98. The van der Waals surface area contributed by atoms with E-state index in [-0.39, 0.29) is 11.8 Å². The van der Waals surface area contributed by atoms with Gasteiger partial charge in [0.1, 0.15) is 17.4 Å². The van der Waals surface area contributed by atoms with Crippen LogP contribution in [-0.4, -0.2) is 36.3 Å². The lowest BCUT2D eigenvalue weighted by atomic mass is 9.96. The summed E-state index contributed by atoms with van der Waals surface area (Å²) in [5.41, 5.74) is 16.1. The minimum atomic E-state index is 0.0685. The van der Waals surface area contributed by atoms with Crippen LogP contribution in [-0.2, 0) is 11.2 Å². The van der Waals surface area contributed by atoms with Crippen molar-refractivity contribution in [2.45, 2.75) is 44.6 Å². The van der Waals surface area contributed by atoms with Gasteiger partial charge in [0.05, 0.1) is 18.0 Å². The smallest absolute Gasteiger partial charge is 0.164 e. The molecule has 1 aromatic carbocycles. The summed E-state index contributed by atoms with van der Waals surface area (Å²) in [5, 5.41) is 14.0. The lowest BCUT2D eigenvalue weighted by Gasteiger charge is -2.23. The zero-order valence-corrected chi connectivity index (χ0v) is 19.2. The molecule has 0 unspecified atom stereocenters. The van der Waals surface area contributed by atoms with E-state index >= 15 is 0 Å². The van der Waals surface area contributed by atoms with E-state index in [0.29, 0.717) is 49.4 Å². The van der Waals surface area contributed by atoms with Crippen molar-refractivity contribution in [3.63, 3.8) is 0 Å². The Balaban J connectivity index is 1.47. The molecule has 2 aliphatic rings. The monoisotopic (exact) mass is 461 g/mol. The normalized spacial score (nSPS) is 17.3. The molecule has 0 bridgehead atoms. The van der Waals surface area contributed by atoms with Crippen LogP contribution in [0, 0.1) is 16.9 Å². The highest BCUT2D eigenvalue weighted by molar-refractivity contribution is 5.79. The molecule has 2 fully saturated rings. The largest absolute Gasteiger partial charge is 0.454 e. The van der Waals surface area contributed by atoms with Crippen LogP contribution in [0.4, 0.5) is 11.5 Å². The molecule has 1 aromatic heterocycles. The molecule has 0 atom stereocenters. The first-order valence-corrected chi connectivity index (χ1v) is 11.7. The van der Waals surface area contributed by atoms with Crippen LogP contribution in [0.5, 0.6) is 5.75 Å². The number of aromatic nitrogens is 1. The van der Waals surface area contributed by atoms with Crippen molar-refractivity contribution < 1.29 is 9.47 Å². The molecule has 34 heavy (non-hydrogen) atoms. The lowest BCUT2D eigenvalue weighted by molar-refractivity contribution is 0.0746. The topological polar surface area (TPSA) is 142 Å². The van der Waals surface area contributed by atoms with E-state index in [4.69, 9.17) is 26.1 Å². The number of aliphatic imine (C=N–C) groups is 1. The summed E-state index contributed by atoms with van der Waals surface area (Å²) in [6.45, 7) is 1.42. The summed E-state index contributed by atoms with van der Waals surface area (Å²) >= 11 is 0. The highest BCUT2D eigenvalue weighted by Crippen LogP contribution is 2.27. The number of hydrogen-bond donors (Lipinski definition) is 4. The van der Waals surface area contributed by atoms with E-state index in [1.165, 1.54) is 0 Å². The first-order chi connectivity index (χ1) is 16.6. The van der Waals surface area contributed by atoms with Gasteiger partial charge in [-0.25, -0.2) is 10.5 Å². The van der Waals surface area contributed by atoms with Gasteiger partial charge in [0.2, 0.25) is 0 Å². The second-order valence-electron chi connectivity index (χ2n) is 8.58. The molecule has 0 radical (unpaired) electrons. The Hall–Kier alpha value is -3.59. The van der Waals surface area contributed by atoms with E-state index < -0.39 is 0 Å². The fourth-order valence-electron chi connectivity index (χ4n) is 3.71. The maximum Gasteiger partial charge on any atom is 0.164 e. The molecule has 9 heteroatoms. The Morgan fingerprint density at radius 1 is 1.21 bits per heavy atom. The standard InChI is InChI=1S/C25H31N7O2/c26-23(32-28)7-4-17-2-1-3-20(14-17)31-24-15-21(8-11-29-24)34-22(16-30-19-5-6-19)25(27)18-9-12-33-13-10-18/h1-3,8,11,14-16,18-19,26,28H,4-7,9-10,12-13,27H2,(H,29,31). The van der Waals surface area contributed by atoms with Crippen molar-refractivity contribution in [3.05, 3.63) is 59.6 Å². The van der Waals surface area contributed by atoms with Crippen molar-refractivity contribution >= 4 is 23.6 Å². The quantitative estimate of drug-likeness (QED) is 0.171. The maximum atomic E-state index is 7.53. The van der Waals surface area contributed by atoms with Crippen LogP contribution in [0.25, 0.3) is 0 Å². The van der Waals surface area contributed by atoms with Gasteiger partial charge in [-0.15, -0.1) is 5.11 Å². The Labute approximate surface area is 199 Å². The number of allylic oxidation sites excluding steroid dienone is 2. The average Bonchev–Trinajstić information content (AvgIpc) is 3.70. The number of hydrogen-bond acceptors (Lipinski definition) is 8. The summed E-state index contributed by atoms with van der Waals surface area (Å²) in [7, 11) is 0. The molecular formula is C25H31N7O2. The van der Waals surface area contributed by atoms with Crippen molar-refractivity contribution in [1.82, 2.24) is 4.98 Å². The van der Waals surface area contributed by atoms with Crippen molar-refractivity contribution in [2.75, 3.05) is 18.5 Å². The van der Waals surface area contributed by atoms with Crippen molar-refractivity contribution in [2.24, 2.45) is 21.8 Å². The van der Waals surface area contributed by atoms with Gasteiger partial charge < -0.3 is 20.5 Å². The fourth-order valence-corrected chi connectivity index (χ4v) is 3.71. The van der Waals surface area contributed by atoms with Crippen LogP contribution in [0.3, 0.4) is 0 Å². The molecule has 5 N–H and O–H groups in total. The highest BCUT2D eigenvalue weighted by Gasteiger charge is 2.22. The predicted octanol–water partition coefficient (Wildman–Crippen LogP) is 4.97. The number of amidine groups is 1. The second kappa shape index (κ2) is 11.5. The number of aryl methyl sites for hydroxylation is 1. The Bertz CT molecular complexity index is 1070. The zero-order chi connectivity index (χ0) is 23.8. The van der Waals surface area contributed by atoms with Crippen LogP contribution in [0.1, 0.15) is 37.7 Å². The second-order valence-corrected chi connectivity index (χ2v) is 8.58. The summed E-state index contributed by atoms with van der Waals surface area (Å²) in [6.07, 6.45) is 8.54. The van der Waals surface area contributed by atoms with E-state index in [1.54, 1.807) is 18.5 Å². The Morgan fingerprint density at radius 2 is 2.03 bits per heavy atom. The van der Waals surface area contributed by atoms with E-state index in [1.807, 2.05) is 30.3 Å². The van der Waals surface area contributed by atoms with Gasteiger partial charge >= 0.3 is 0 Å². The van der Waals surface area contributed by atoms with Crippen molar-refractivity contribution in [1.29, 1.82) is 10.9 Å².